The fourth-order valence-electron chi connectivity index (χ4n) is 0.983. The second kappa shape index (κ2) is 4.36. The summed E-state index contributed by atoms with van der Waals surface area (Å²) >= 11 is 0. The second-order valence-electron chi connectivity index (χ2n) is 2.99. The average molecular weight is 193 g/mol. The molecule has 5 nitrogen and oxygen atoms in total. The Morgan fingerprint density at radius 3 is 2.36 bits per heavy atom. The van der Waals surface area contributed by atoms with Gasteiger partial charge in [-0.3, -0.25) is 0 Å². The first-order valence-electron chi connectivity index (χ1n) is 4.12. The van der Waals surface area contributed by atoms with Gasteiger partial charge in [0.25, 0.3) is 0 Å². The fraction of sp³-hybridized carbons (Fsp3) is 0.222. The van der Waals surface area contributed by atoms with Crippen LogP contribution < -0.4 is 10.6 Å². The monoisotopic (exact) mass is 193 g/mol. The van der Waals surface area contributed by atoms with E-state index in [0.29, 0.717) is 5.69 Å². The third kappa shape index (κ3) is 2.55. The molecule has 0 fully saturated rings. The van der Waals surface area contributed by atoms with Crippen molar-refractivity contribution in [2.75, 3.05) is 19.0 Å². The van der Waals surface area contributed by atoms with E-state index in [1.54, 1.807) is 0 Å². The van der Waals surface area contributed by atoms with Crippen LogP contribution >= 0.6 is 0 Å². The molecular formula is C9H15N5. The third-order valence-electron chi connectivity index (χ3n) is 1.72. The summed E-state index contributed by atoms with van der Waals surface area (Å²) in [5, 5.41) is 3.01. The first-order valence-corrected chi connectivity index (χ1v) is 4.12. The SMILES string of the molecule is CN(C)c1ccc(N=C(N)N=N)cc1.[HH]. The number of benzene rings is 1. The molecule has 0 atom stereocenters. The van der Waals surface area contributed by atoms with Crippen molar-refractivity contribution in [2.45, 2.75) is 0 Å². The largest absolute Gasteiger partial charge is 0.378 e. The van der Waals surface area contributed by atoms with Gasteiger partial charge in [0.2, 0.25) is 5.96 Å². The molecule has 5 heteroatoms. The highest BCUT2D eigenvalue weighted by Gasteiger charge is 1.95. The van der Waals surface area contributed by atoms with Gasteiger partial charge < -0.3 is 10.6 Å². The van der Waals surface area contributed by atoms with E-state index < -0.39 is 0 Å². The normalized spacial score (nSPS) is 11.1. The Morgan fingerprint density at radius 2 is 1.93 bits per heavy atom. The van der Waals surface area contributed by atoms with E-state index in [1.165, 1.54) is 0 Å². The van der Waals surface area contributed by atoms with Gasteiger partial charge in [-0.05, 0) is 24.3 Å². The first-order chi connectivity index (χ1) is 6.63. The van der Waals surface area contributed by atoms with Crippen molar-refractivity contribution in [3.8, 4) is 0 Å². The maximum absolute atomic E-state index is 6.63. The van der Waals surface area contributed by atoms with Gasteiger partial charge in [-0.15, -0.1) is 5.11 Å². The molecule has 14 heavy (non-hydrogen) atoms. The summed E-state index contributed by atoms with van der Waals surface area (Å²) in [4.78, 5) is 5.89. The van der Waals surface area contributed by atoms with Gasteiger partial charge in [0, 0.05) is 21.2 Å². The molecule has 0 amide bonds. The number of aliphatic imine (C=N–C) groups is 1. The lowest BCUT2D eigenvalue weighted by Gasteiger charge is -2.11. The lowest BCUT2D eigenvalue weighted by atomic mass is 10.3. The van der Waals surface area contributed by atoms with Crippen molar-refractivity contribution in [1.29, 1.82) is 5.53 Å². The number of hydrogen-bond donors (Lipinski definition) is 2. The summed E-state index contributed by atoms with van der Waals surface area (Å²) in [6, 6.07) is 7.51. The third-order valence-corrected chi connectivity index (χ3v) is 1.72. The van der Waals surface area contributed by atoms with Crippen LogP contribution in [-0.4, -0.2) is 20.1 Å². The highest BCUT2D eigenvalue weighted by atomic mass is 15.1. The molecule has 0 unspecified atom stereocenters. The second-order valence-corrected chi connectivity index (χ2v) is 2.99. The van der Waals surface area contributed by atoms with Gasteiger partial charge in [-0.1, -0.05) is 0 Å². The van der Waals surface area contributed by atoms with Gasteiger partial charge in [0.05, 0.1) is 5.69 Å². The molecule has 0 saturated heterocycles. The summed E-state index contributed by atoms with van der Waals surface area (Å²) < 4.78 is 0. The Hall–Kier alpha value is -1.91. The Balaban J connectivity index is 0.00000196. The van der Waals surface area contributed by atoms with Crippen LogP contribution in [0.25, 0.3) is 0 Å². The molecule has 3 N–H and O–H groups in total. The van der Waals surface area contributed by atoms with Crippen molar-refractivity contribution in [2.24, 2.45) is 15.8 Å². The Kier molecular flexibility index (Phi) is 3.17. The highest BCUT2D eigenvalue weighted by molar-refractivity contribution is 5.81. The average Bonchev–Trinajstić information content (AvgIpc) is 2.18. The van der Waals surface area contributed by atoms with E-state index in [4.69, 9.17) is 11.3 Å². The van der Waals surface area contributed by atoms with Crippen molar-refractivity contribution in [3.05, 3.63) is 24.3 Å². The molecular weight excluding hydrogens is 178 g/mol. The van der Waals surface area contributed by atoms with E-state index in [2.05, 4.69) is 10.1 Å². The van der Waals surface area contributed by atoms with E-state index in [0.717, 1.165) is 5.69 Å². The van der Waals surface area contributed by atoms with Crippen molar-refractivity contribution in [1.82, 2.24) is 0 Å². The summed E-state index contributed by atoms with van der Waals surface area (Å²) in [6.45, 7) is 0. The summed E-state index contributed by atoms with van der Waals surface area (Å²) in [5.74, 6) is -0.0393. The predicted molar refractivity (Wildman–Crippen MR) is 59.3 cm³/mol. The van der Waals surface area contributed by atoms with E-state index in [1.807, 2.05) is 43.3 Å². The minimum absolute atomic E-state index is 0. The molecule has 0 spiro atoms. The van der Waals surface area contributed by atoms with Crippen LogP contribution in [0.15, 0.2) is 34.4 Å². The fourth-order valence-corrected chi connectivity index (χ4v) is 0.983. The lowest BCUT2D eigenvalue weighted by Crippen LogP contribution is -2.08. The molecule has 0 aliphatic rings. The smallest absolute Gasteiger partial charge is 0.239 e. The molecule has 0 saturated carbocycles. The zero-order valence-electron chi connectivity index (χ0n) is 8.23. The number of nitrogens with two attached hydrogens (primary N) is 1. The Bertz CT molecular complexity index is 344. The van der Waals surface area contributed by atoms with Crippen LogP contribution in [0.5, 0.6) is 0 Å². The van der Waals surface area contributed by atoms with E-state index in [9.17, 15) is 0 Å². The molecule has 0 aromatic heterocycles. The number of anilines is 1. The van der Waals surface area contributed by atoms with Crippen molar-refractivity contribution < 1.29 is 1.43 Å². The summed E-state index contributed by atoms with van der Waals surface area (Å²) in [6.07, 6.45) is 0. The van der Waals surface area contributed by atoms with Crippen LogP contribution in [0.4, 0.5) is 11.4 Å². The Labute approximate surface area is 84.2 Å². The van der Waals surface area contributed by atoms with E-state index >= 15 is 0 Å². The summed E-state index contributed by atoms with van der Waals surface area (Å²) in [7, 11) is 3.93. The van der Waals surface area contributed by atoms with Crippen LogP contribution in [-0.2, 0) is 0 Å². The maximum Gasteiger partial charge on any atom is 0.239 e. The number of rotatable bonds is 2. The topological polar surface area (TPSA) is 77.8 Å². The van der Waals surface area contributed by atoms with Crippen molar-refractivity contribution >= 4 is 17.3 Å². The zero-order valence-corrected chi connectivity index (χ0v) is 8.23. The number of guanidine groups is 1. The summed E-state index contributed by atoms with van der Waals surface area (Å²) in [5.41, 5.74) is 13.7. The predicted octanol–water partition coefficient (Wildman–Crippen LogP) is 1.98. The number of nitrogens with zero attached hydrogens (tertiary/aromatic N) is 3. The maximum atomic E-state index is 6.63. The lowest BCUT2D eigenvalue weighted by molar-refractivity contribution is 1.13. The van der Waals surface area contributed by atoms with E-state index in [-0.39, 0.29) is 7.39 Å². The zero-order chi connectivity index (χ0) is 10.6. The first kappa shape index (κ1) is 10.2. The molecule has 1 aromatic rings. The molecule has 1 aromatic carbocycles. The Morgan fingerprint density at radius 1 is 1.36 bits per heavy atom. The minimum atomic E-state index is -0.0393. The number of hydrogen-bond acceptors (Lipinski definition) is 3. The molecule has 76 valence electrons. The molecule has 0 radical (unpaired) electrons. The van der Waals surface area contributed by atoms with Gasteiger partial charge in [-0.2, -0.15) is 0 Å². The van der Waals surface area contributed by atoms with Crippen LogP contribution in [0.1, 0.15) is 1.43 Å². The molecule has 0 bridgehead atoms. The van der Waals surface area contributed by atoms with Crippen LogP contribution in [0, 0.1) is 5.53 Å². The molecule has 1 rings (SSSR count). The van der Waals surface area contributed by atoms with Gasteiger partial charge in [0.1, 0.15) is 0 Å². The molecule has 0 heterocycles. The molecule has 0 aliphatic heterocycles. The van der Waals surface area contributed by atoms with Gasteiger partial charge in [-0.25, -0.2) is 10.5 Å². The van der Waals surface area contributed by atoms with Gasteiger partial charge in [0.15, 0.2) is 0 Å². The quantitative estimate of drug-likeness (QED) is 0.428. The minimum Gasteiger partial charge on any atom is -0.378 e. The van der Waals surface area contributed by atoms with Crippen molar-refractivity contribution in [3.63, 3.8) is 0 Å². The van der Waals surface area contributed by atoms with Crippen LogP contribution in [0.2, 0.25) is 0 Å². The van der Waals surface area contributed by atoms with Crippen LogP contribution in [0.3, 0.4) is 0 Å². The number of nitrogens with one attached hydrogen (secondary N) is 1. The standard InChI is InChI=1S/C9H13N5.H2/c1-14(2)8-5-3-7(4-6-8)12-9(10)13-11;/h3-6,11H,1-2H3,(H2,10,12);1H. The molecule has 0 aliphatic carbocycles. The van der Waals surface area contributed by atoms with Gasteiger partial charge >= 0.3 is 0 Å². The highest BCUT2D eigenvalue weighted by Crippen LogP contribution is 2.17.